The molecule has 1 heterocycles. The van der Waals surface area contributed by atoms with Gasteiger partial charge in [-0.15, -0.1) is 11.3 Å². The second kappa shape index (κ2) is 3.67. The fourth-order valence-corrected chi connectivity index (χ4v) is 1.87. The second-order valence-electron chi connectivity index (χ2n) is 2.82. The van der Waals surface area contributed by atoms with Gasteiger partial charge in [-0.2, -0.15) is 0 Å². The number of nitrogens with zero attached hydrogens (tertiary/aromatic N) is 1. The first-order valence-electron chi connectivity index (χ1n) is 4.13. The van der Waals surface area contributed by atoms with Crippen molar-refractivity contribution in [3.8, 4) is 16.2 Å². The zero-order chi connectivity index (χ0) is 9.97. The van der Waals surface area contributed by atoms with Gasteiger partial charge in [0.2, 0.25) is 0 Å². The van der Waals surface area contributed by atoms with Crippen LogP contribution in [0.1, 0.15) is 0 Å². The number of methoxy groups -OCH3 is 1. The summed E-state index contributed by atoms with van der Waals surface area (Å²) in [6.45, 7) is 0. The van der Waals surface area contributed by atoms with E-state index in [1.807, 2.05) is 24.4 Å². The lowest BCUT2D eigenvalue weighted by Gasteiger charge is -2.05. The summed E-state index contributed by atoms with van der Waals surface area (Å²) in [4.78, 5) is 5.13. The van der Waals surface area contributed by atoms with Gasteiger partial charge in [0, 0.05) is 6.20 Å². The summed E-state index contributed by atoms with van der Waals surface area (Å²) >= 11 is 1.59. The standard InChI is InChI=1S/C10H10N2OS/c1-13-9-3-2-7(4-8(9)11)10-5-12-6-14-10/h2-6H,11H2,1H3. The summed E-state index contributed by atoms with van der Waals surface area (Å²) in [5.41, 5.74) is 9.32. The molecule has 2 rings (SSSR count). The summed E-state index contributed by atoms with van der Waals surface area (Å²) in [5, 5.41) is 0. The maximum absolute atomic E-state index is 5.80. The van der Waals surface area contributed by atoms with E-state index in [2.05, 4.69) is 4.98 Å². The number of hydrogen-bond acceptors (Lipinski definition) is 4. The summed E-state index contributed by atoms with van der Waals surface area (Å²) < 4.78 is 5.08. The van der Waals surface area contributed by atoms with Crippen LogP contribution in [0.25, 0.3) is 10.4 Å². The molecular formula is C10H10N2OS. The third-order valence-electron chi connectivity index (χ3n) is 1.95. The molecule has 2 aromatic rings. The molecule has 0 spiro atoms. The molecule has 72 valence electrons. The third-order valence-corrected chi connectivity index (χ3v) is 2.77. The van der Waals surface area contributed by atoms with Crippen LogP contribution in [0, 0.1) is 0 Å². The Bertz CT molecular complexity index is 426. The van der Waals surface area contributed by atoms with Crippen LogP contribution in [0.5, 0.6) is 5.75 Å². The van der Waals surface area contributed by atoms with Crippen LogP contribution in [0.2, 0.25) is 0 Å². The lowest BCUT2D eigenvalue weighted by molar-refractivity contribution is 0.417. The van der Waals surface area contributed by atoms with E-state index in [1.165, 1.54) is 0 Å². The number of nitrogens with two attached hydrogens (primary N) is 1. The predicted molar refractivity (Wildman–Crippen MR) is 58.5 cm³/mol. The molecule has 0 bridgehead atoms. The van der Waals surface area contributed by atoms with E-state index < -0.39 is 0 Å². The molecule has 3 nitrogen and oxygen atoms in total. The number of ether oxygens (including phenoxy) is 1. The van der Waals surface area contributed by atoms with Gasteiger partial charge in [0.15, 0.2) is 0 Å². The maximum Gasteiger partial charge on any atom is 0.141 e. The molecule has 0 amide bonds. The largest absolute Gasteiger partial charge is 0.495 e. The minimum atomic E-state index is 0.651. The van der Waals surface area contributed by atoms with Gasteiger partial charge < -0.3 is 10.5 Å². The van der Waals surface area contributed by atoms with Gasteiger partial charge in [-0.1, -0.05) is 0 Å². The first-order chi connectivity index (χ1) is 6.81. The van der Waals surface area contributed by atoms with Gasteiger partial charge >= 0.3 is 0 Å². The topological polar surface area (TPSA) is 48.1 Å². The van der Waals surface area contributed by atoms with Crippen LogP contribution in [0.15, 0.2) is 29.9 Å². The number of hydrogen-bond donors (Lipinski definition) is 1. The maximum atomic E-state index is 5.80. The Labute approximate surface area is 86.2 Å². The zero-order valence-corrected chi connectivity index (χ0v) is 8.54. The molecule has 0 aliphatic heterocycles. The van der Waals surface area contributed by atoms with Crippen LogP contribution in [0.3, 0.4) is 0 Å². The predicted octanol–water partition coefficient (Wildman–Crippen LogP) is 2.40. The molecule has 1 aromatic heterocycles. The fraction of sp³-hybridized carbons (Fsp3) is 0.100. The Kier molecular flexibility index (Phi) is 2.37. The van der Waals surface area contributed by atoms with Crippen molar-refractivity contribution in [1.82, 2.24) is 4.98 Å². The molecule has 0 atom stereocenters. The van der Waals surface area contributed by atoms with Crippen LogP contribution in [-0.4, -0.2) is 12.1 Å². The Morgan fingerprint density at radius 1 is 1.43 bits per heavy atom. The summed E-state index contributed by atoms with van der Waals surface area (Å²) in [7, 11) is 1.61. The van der Waals surface area contributed by atoms with Crippen molar-refractivity contribution in [2.75, 3.05) is 12.8 Å². The van der Waals surface area contributed by atoms with E-state index in [1.54, 1.807) is 24.0 Å². The minimum absolute atomic E-state index is 0.651. The minimum Gasteiger partial charge on any atom is -0.495 e. The molecule has 0 fully saturated rings. The Balaban J connectivity index is 2.43. The Morgan fingerprint density at radius 3 is 2.86 bits per heavy atom. The van der Waals surface area contributed by atoms with Crippen LogP contribution in [0.4, 0.5) is 5.69 Å². The summed E-state index contributed by atoms with van der Waals surface area (Å²) in [5.74, 6) is 0.707. The van der Waals surface area contributed by atoms with Gasteiger partial charge in [-0.25, -0.2) is 0 Å². The first kappa shape index (κ1) is 9.02. The monoisotopic (exact) mass is 206 g/mol. The molecule has 4 heteroatoms. The van der Waals surface area contributed by atoms with Crippen molar-refractivity contribution in [3.05, 3.63) is 29.9 Å². The fourth-order valence-electron chi connectivity index (χ4n) is 1.25. The van der Waals surface area contributed by atoms with Crippen molar-refractivity contribution in [2.45, 2.75) is 0 Å². The van der Waals surface area contributed by atoms with E-state index >= 15 is 0 Å². The molecule has 0 unspecified atom stereocenters. The SMILES string of the molecule is COc1ccc(-c2cncs2)cc1N. The van der Waals surface area contributed by atoms with Gasteiger partial charge in [0.05, 0.1) is 23.2 Å². The van der Waals surface area contributed by atoms with E-state index in [9.17, 15) is 0 Å². The number of nitrogen functional groups attached to an aromatic ring is 1. The van der Waals surface area contributed by atoms with Crippen molar-refractivity contribution < 1.29 is 4.74 Å². The molecule has 0 saturated heterocycles. The van der Waals surface area contributed by atoms with Crippen molar-refractivity contribution in [2.24, 2.45) is 0 Å². The smallest absolute Gasteiger partial charge is 0.141 e. The quantitative estimate of drug-likeness (QED) is 0.767. The normalized spacial score (nSPS) is 10.1. The highest BCUT2D eigenvalue weighted by Crippen LogP contribution is 2.29. The van der Waals surface area contributed by atoms with Crippen LogP contribution in [-0.2, 0) is 0 Å². The summed E-state index contributed by atoms with van der Waals surface area (Å²) in [6, 6.07) is 5.74. The number of rotatable bonds is 2. The number of thiazole rings is 1. The highest BCUT2D eigenvalue weighted by molar-refractivity contribution is 7.13. The molecule has 14 heavy (non-hydrogen) atoms. The van der Waals surface area contributed by atoms with Gasteiger partial charge in [0.25, 0.3) is 0 Å². The van der Waals surface area contributed by atoms with Crippen LogP contribution >= 0.6 is 11.3 Å². The Hall–Kier alpha value is -1.55. The summed E-state index contributed by atoms with van der Waals surface area (Å²) in [6.07, 6.45) is 1.83. The first-order valence-corrected chi connectivity index (χ1v) is 5.01. The van der Waals surface area contributed by atoms with E-state index in [4.69, 9.17) is 10.5 Å². The molecule has 0 aliphatic carbocycles. The van der Waals surface area contributed by atoms with Crippen molar-refractivity contribution in [1.29, 1.82) is 0 Å². The lowest BCUT2D eigenvalue weighted by Crippen LogP contribution is -1.91. The average molecular weight is 206 g/mol. The van der Waals surface area contributed by atoms with Crippen molar-refractivity contribution >= 4 is 17.0 Å². The van der Waals surface area contributed by atoms with Gasteiger partial charge in [-0.05, 0) is 23.8 Å². The highest BCUT2D eigenvalue weighted by Gasteiger charge is 2.03. The van der Waals surface area contributed by atoms with E-state index in [0.29, 0.717) is 11.4 Å². The number of benzene rings is 1. The number of anilines is 1. The highest BCUT2D eigenvalue weighted by atomic mass is 32.1. The molecule has 0 aliphatic rings. The van der Waals surface area contributed by atoms with Crippen molar-refractivity contribution in [3.63, 3.8) is 0 Å². The molecular weight excluding hydrogens is 196 g/mol. The zero-order valence-electron chi connectivity index (χ0n) is 7.73. The van der Waals surface area contributed by atoms with E-state index in [-0.39, 0.29) is 0 Å². The molecule has 1 aromatic carbocycles. The van der Waals surface area contributed by atoms with Gasteiger partial charge in [0.1, 0.15) is 5.75 Å². The lowest BCUT2D eigenvalue weighted by atomic mass is 10.1. The van der Waals surface area contributed by atoms with Gasteiger partial charge in [-0.3, -0.25) is 4.98 Å². The van der Waals surface area contributed by atoms with E-state index in [0.717, 1.165) is 10.4 Å². The number of aromatic nitrogens is 1. The molecule has 0 radical (unpaired) electrons. The molecule has 2 N–H and O–H groups in total. The molecule has 0 saturated carbocycles. The van der Waals surface area contributed by atoms with Crippen LogP contribution < -0.4 is 10.5 Å². The second-order valence-corrected chi connectivity index (χ2v) is 3.71. The average Bonchev–Trinajstić information content (AvgIpc) is 2.70. The Morgan fingerprint density at radius 2 is 2.29 bits per heavy atom. The third kappa shape index (κ3) is 1.56.